The van der Waals surface area contributed by atoms with E-state index >= 15 is 0 Å². The predicted molar refractivity (Wildman–Crippen MR) is 88.7 cm³/mol. The Morgan fingerprint density at radius 2 is 2.04 bits per heavy atom. The Morgan fingerprint density at radius 1 is 1.25 bits per heavy atom. The van der Waals surface area contributed by atoms with Gasteiger partial charge in [0.15, 0.2) is 11.5 Å². The van der Waals surface area contributed by atoms with Crippen LogP contribution in [0.2, 0.25) is 0 Å². The van der Waals surface area contributed by atoms with E-state index in [-0.39, 0.29) is 5.92 Å². The molecule has 0 spiro atoms. The highest BCUT2D eigenvalue weighted by Gasteiger charge is 2.28. The lowest BCUT2D eigenvalue weighted by molar-refractivity contribution is 0.0492. The number of aliphatic hydroxyl groups excluding tert-OH is 1. The molecule has 1 fully saturated rings. The summed E-state index contributed by atoms with van der Waals surface area (Å²) in [5.41, 5.74) is 1.24. The van der Waals surface area contributed by atoms with Crippen molar-refractivity contribution in [3.05, 3.63) is 42.0 Å². The monoisotopic (exact) mass is 329 g/mol. The number of fused-ring (bicyclic) bond motifs is 1. The lowest BCUT2D eigenvalue weighted by Gasteiger charge is -2.34. The van der Waals surface area contributed by atoms with Gasteiger partial charge in [-0.2, -0.15) is 0 Å². The lowest BCUT2D eigenvalue weighted by Crippen LogP contribution is -2.35. The Kier molecular flexibility index (Phi) is 4.16. The van der Waals surface area contributed by atoms with Crippen molar-refractivity contribution >= 4 is 0 Å². The molecule has 1 atom stereocenters. The molecular formula is C18H23N3O3. The average Bonchev–Trinajstić information content (AvgIpc) is 3.23. The normalized spacial score (nSPS) is 19.6. The van der Waals surface area contributed by atoms with Gasteiger partial charge in [-0.3, -0.25) is 4.90 Å². The molecule has 1 aromatic heterocycles. The first-order valence-electron chi connectivity index (χ1n) is 8.47. The third-order valence-electron chi connectivity index (χ3n) is 5.04. The van der Waals surface area contributed by atoms with E-state index < -0.39 is 6.10 Å². The highest BCUT2D eigenvalue weighted by molar-refractivity contribution is 5.44. The summed E-state index contributed by atoms with van der Waals surface area (Å²) in [5, 5.41) is 10.6. The van der Waals surface area contributed by atoms with Gasteiger partial charge in [0.05, 0.1) is 0 Å². The van der Waals surface area contributed by atoms with Gasteiger partial charge in [-0.1, -0.05) is 6.07 Å². The second-order valence-corrected chi connectivity index (χ2v) is 6.64. The van der Waals surface area contributed by atoms with Crippen molar-refractivity contribution in [2.24, 2.45) is 13.0 Å². The standard InChI is InChI=1S/C18H23N3O3/c1-20-9-6-19-18(20)17(22)14-4-7-21(8-5-14)11-13-2-3-15-16(10-13)24-12-23-15/h2-3,6,9-10,14,17,22H,4-5,7-8,11-12H2,1H3/t17-/m0/s1. The molecule has 0 aliphatic carbocycles. The zero-order chi connectivity index (χ0) is 16.5. The van der Waals surface area contributed by atoms with Crippen molar-refractivity contribution in [1.82, 2.24) is 14.5 Å². The molecule has 1 aromatic carbocycles. The fraction of sp³-hybridized carbons (Fsp3) is 0.500. The minimum Gasteiger partial charge on any atom is -0.454 e. The number of benzene rings is 1. The summed E-state index contributed by atoms with van der Waals surface area (Å²) in [6.07, 6.45) is 5.12. The largest absolute Gasteiger partial charge is 0.454 e. The van der Waals surface area contributed by atoms with Gasteiger partial charge in [-0.05, 0) is 49.5 Å². The maximum absolute atomic E-state index is 10.6. The Hall–Kier alpha value is -2.05. The minimum atomic E-state index is -0.474. The summed E-state index contributed by atoms with van der Waals surface area (Å²) in [4.78, 5) is 6.71. The van der Waals surface area contributed by atoms with Crippen LogP contribution in [0.5, 0.6) is 11.5 Å². The Bertz CT molecular complexity index is 707. The fourth-order valence-electron chi connectivity index (χ4n) is 3.60. The van der Waals surface area contributed by atoms with E-state index in [0.29, 0.717) is 6.79 Å². The summed E-state index contributed by atoms with van der Waals surface area (Å²) in [6.45, 7) is 3.19. The van der Waals surface area contributed by atoms with Gasteiger partial charge in [0.1, 0.15) is 11.9 Å². The van der Waals surface area contributed by atoms with E-state index in [1.165, 1.54) is 5.56 Å². The number of imidazole rings is 1. The van der Waals surface area contributed by atoms with Gasteiger partial charge in [-0.25, -0.2) is 4.98 Å². The van der Waals surface area contributed by atoms with Crippen molar-refractivity contribution in [3.63, 3.8) is 0 Å². The summed E-state index contributed by atoms with van der Waals surface area (Å²) in [5.74, 6) is 2.71. The molecule has 4 rings (SSSR count). The van der Waals surface area contributed by atoms with Gasteiger partial charge < -0.3 is 19.1 Å². The fourth-order valence-corrected chi connectivity index (χ4v) is 3.60. The molecule has 0 unspecified atom stereocenters. The van der Waals surface area contributed by atoms with Crippen LogP contribution < -0.4 is 9.47 Å². The average molecular weight is 329 g/mol. The molecule has 6 heteroatoms. The Labute approximate surface area is 141 Å². The molecule has 2 aliphatic rings. The summed E-state index contributed by atoms with van der Waals surface area (Å²) in [6, 6.07) is 6.15. The van der Waals surface area contributed by atoms with Gasteiger partial charge in [0, 0.05) is 26.0 Å². The van der Waals surface area contributed by atoms with Gasteiger partial charge in [0.2, 0.25) is 6.79 Å². The summed E-state index contributed by atoms with van der Waals surface area (Å²) in [7, 11) is 1.93. The first-order chi connectivity index (χ1) is 11.7. The van der Waals surface area contributed by atoms with E-state index in [2.05, 4.69) is 22.0 Å². The van der Waals surface area contributed by atoms with Crippen LogP contribution in [0.25, 0.3) is 0 Å². The number of aryl methyl sites for hydroxylation is 1. The predicted octanol–water partition coefficient (Wildman–Crippen LogP) is 2.09. The maximum atomic E-state index is 10.6. The number of nitrogens with zero attached hydrogens (tertiary/aromatic N) is 3. The molecule has 2 aromatic rings. The van der Waals surface area contributed by atoms with E-state index in [1.807, 2.05) is 23.9 Å². The number of aromatic nitrogens is 2. The Morgan fingerprint density at radius 3 is 2.79 bits per heavy atom. The molecule has 3 heterocycles. The quantitative estimate of drug-likeness (QED) is 0.931. The van der Waals surface area contributed by atoms with Crippen molar-refractivity contribution < 1.29 is 14.6 Å². The summed E-state index contributed by atoms with van der Waals surface area (Å²) < 4.78 is 12.7. The van der Waals surface area contributed by atoms with Gasteiger partial charge in [-0.15, -0.1) is 0 Å². The third kappa shape index (κ3) is 2.99. The van der Waals surface area contributed by atoms with E-state index in [1.54, 1.807) is 6.20 Å². The smallest absolute Gasteiger partial charge is 0.231 e. The van der Waals surface area contributed by atoms with Crippen LogP contribution in [0, 0.1) is 5.92 Å². The molecule has 24 heavy (non-hydrogen) atoms. The maximum Gasteiger partial charge on any atom is 0.231 e. The summed E-state index contributed by atoms with van der Waals surface area (Å²) >= 11 is 0. The highest BCUT2D eigenvalue weighted by atomic mass is 16.7. The minimum absolute atomic E-state index is 0.277. The number of likely N-dealkylation sites (tertiary alicyclic amines) is 1. The number of hydrogen-bond acceptors (Lipinski definition) is 5. The van der Waals surface area contributed by atoms with Crippen molar-refractivity contribution in [2.75, 3.05) is 19.9 Å². The zero-order valence-corrected chi connectivity index (χ0v) is 13.9. The molecule has 1 N–H and O–H groups in total. The molecule has 0 bridgehead atoms. The number of rotatable bonds is 4. The van der Waals surface area contributed by atoms with Crippen LogP contribution in [0.4, 0.5) is 0 Å². The third-order valence-corrected chi connectivity index (χ3v) is 5.04. The van der Waals surface area contributed by atoms with E-state index in [9.17, 15) is 5.11 Å². The molecule has 128 valence electrons. The van der Waals surface area contributed by atoms with Crippen LogP contribution in [-0.4, -0.2) is 39.4 Å². The number of piperidine rings is 1. The van der Waals surface area contributed by atoms with Crippen LogP contribution in [-0.2, 0) is 13.6 Å². The Balaban J connectivity index is 1.34. The number of hydrogen-bond donors (Lipinski definition) is 1. The van der Waals surface area contributed by atoms with Crippen LogP contribution in [0.3, 0.4) is 0 Å². The molecule has 0 amide bonds. The van der Waals surface area contributed by atoms with E-state index in [4.69, 9.17) is 9.47 Å². The van der Waals surface area contributed by atoms with Crippen LogP contribution in [0.15, 0.2) is 30.6 Å². The second-order valence-electron chi connectivity index (χ2n) is 6.64. The molecule has 0 saturated carbocycles. The molecule has 2 aliphatic heterocycles. The highest BCUT2D eigenvalue weighted by Crippen LogP contribution is 2.34. The topological polar surface area (TPSA) is 59.8 Å². The van der Waals surface area contributed by atoms with Crippen LogP contribution in [0.1, 0.15) is 30.3 Å². The van der Waals surface area contributed by atoms with Gasteiger partial charge >= 0.3 is 0 Å². The van der Waals surface area contributed by atoms with Crippen molar-refractivity contribution in [2.45, 2.75) is 25.5 Å². The molecule has 1 saturated heterocycles. The van der Waals surface area contributed by atoms with Gasteiger partial charge in [0.25, 0.3) is 0 Å². The molecule has 6 nitrogen and oxygen atoms in total. The number of ether oxygens (including phenoxy) is 2. The first kappa shape index (κ1) is 15.5. The van der Waals surface area contributed by atoms with Crippen molar-refractivity contribution in [1.29, 1.82) is 0 Å². The van der Waals surface area contributed by atoms with E-state index in [0.717, 1.165) is 49.8 Å². The lowest BCUT2D eigenvalue weighted by atomic mass is 9.90. The molecule has 0 radical (unpaired) electrons. The number of aliphatic hydroxyl groups is 1. The van der Waals surface area contributed by atoms with Crippen molar-refractivity contribution in [3.8, 4) is 11.5 Å². The second kappa shape index (κ2) is 6.45. The first-order valence-corrected chi connectivity index (χ1v) is 8.47. The molecular weight excluding hydrogens is 306 g/mol. The SMILES string of the molecule is Cn1ccnc1[C@@H](O)C1CCN(Cc2ccc3c(c2)OCO3)CC1. The zero-order valence-electron chi connectivity index (χ0n) is 13.9. The van der Waals surface area contributed by atoms with Crippen LogP contribution >= 0.6 is 0 Å².